The second-order valence-electron chi connectivity index (χ2n) is 7.85. The van der Waals surface area contributed by atoms with Crippen molar-refractivity contribution in [3.05, 3.63) is 39.1 Å². The molecule has 0 radical (unpaired) electrons. The van der Waals surface area contributed by atoms with Crippen molar-refractivity contribution in [1.29, 1.82) is 5.26 Å². The van der Waals surface area contributed by atoms with Gasteiger partial charge in [0.25, 0.3) is 11.8 Å². The van der Waals surface area contributed by atoms with E-state index in [4.69, 9.17) is 37.9 Å². The summed E-state index contributed by atoms with van der Waals surface area (Å²) in [6, 6.07) is 5.13. The van der Waals surface area contributed by atoms with Crippen LogP contribution >= 0.6 is 34.5 Å². The highest BCUT2D eigenvalue weighted by Crippen LogP contribution is 2.35. The number of carbonyl (C=O) groups is 2. The van der Waals surface area contributed by atoms with Crippen LogP contribution in [-0.4, -0.2) is 67.8 Å². The van der Waals surface area contributed by atoms with Gasteiger partial charge in [0.15, 0.2) is 5.13 Å². The number of fused-ring (bicyclic) bond motifs is 1. The van der Waals surface area contributed by atoms with Gasteiger partial charge in [-0.05, 0) is 19.1 Å². The molecule has 1 fully saturated rings. The number of halogens is 2. The number of hydrogen-bond acceptors (Lipinski definition) is 7. The van der Waals surface area contributed by atoms with E-state index in [2.05, 4.69) is 20.6 Å². The lowest BCUT2D eigenvalue weighted by molar-refractivity contribution is -0.908. The summed E-state index contributed by atoms with van der Waals surface area (Å²) in [5.41, 5.74) is 1.57. The number of aromatic nitrogens is 2. The maximum atomic E-state index is 12.7. The number of nitrogens with zero attached hydrogens (tertiary/aromatic N) is 2. The molecule has 1 aromatic carbocycles. The highest BCUT2D eigenvalue weighted by atomic mass is 35.5. The molecule has 35 heavy (non-hydrogen) atoms. The Morgan fingerprint density at radius 2 is 2.06 bits per heavy atom. The number of aromatic amines is 1. The first kappa shape index (κ1) is 25.2. The van der Waals surface area contributed by atoms with Gasteiger partial charge in [-0.3, -0.25) is 14.9 Å². The number of rotatable bonds is 8. The molecule has 4 N–H and O–H groups in total. The van der Waals surface area contributed by atoms with E-state index >= 15 is 0 Å². The molecule has 1 aliphatic rings. The lowest BCUT2D eigenvalue weighted by Gasteiger charge is -2.23. The Bertz CT molecular complexity index is 1300. The third kappa shape index (κ3) is 5.86. The monoisotopic (exact) mass is 537 g/mol. The Kier molecular flexibility index (Phi) is 8.10. The molecule has 0 saturated carbocycles. The van der Waals surface area contributed by atoms with Crippen LogP contribution in [0, 0.1) is 18.3 Å². The van der Waals surface area contributed by atoms with Crippen molar-refractivity contribution in [2.75, 3.05) is 51.3 Å². The van der Waals surface area contributed by atoms with Gasteiger partial charge in [0.05, 0.1) is 34.0 Å². The first-order valence-electron chi connectivity index (χ1n) is 10.9. The van der Waals surface area contributed by atoms with Crippen LogP contribution in [0.5, 0.6) is 5.75 Å². The van der Waals surface area contributed by atoms with Crippen LogP contribution in [0.1, 0.15) is 26.5 Å². The summed E-state index contributed by atoms with van der Waals surface area (Å²) in [5, 5.41) is 14.8. The predicted molar refractivity (Wildman–Crippen MR) is 133 cm³/mol. The summed E-state index contributed by atoms with van der Waals surface area (Å²) >= 11 is 13.4. The zero-order chi connectivity index (χ0) is 24.9. The van der Waals surface area contributed by atoms with Gasteiger partial charge in [-0.15, -0.1) is 0 Å². The Morgan fingerprint density at radius 3 is 2.74 bits per heavy atom. The van der Waals surface area contributed by atoms with Crippen molar-refractivity contribution in [3.8, 4) is 11.8 Å². The number of amides is 2. The molecule has 4 rings (SSSR count). The van der Waals surface area contributed by atoms with Crippen LogP contribution in [0.4, 0.5) is 5.13 Å². The highest BCUT2D eigenvalue weighted by Gasteiger charge is 2.21. The molecule has 0 spiro atoms. The molecule has 184 valence electrons. The van der Waals surface area contributed by atoms with Crippen LogP contribution in [0.2, 0.25) is 10.0 Å². The first-order valence-corrected chi connectivity index (χ1v) is 12.4. The molecule has 2 amide bonds. The topological polar surface area (TPSA) is 134 Å². The molecule has 10 nitrogen and oxygen atoms in total. The molecular formula is C22H23Cl2N6O4S+. The molecule has 0 bridgehead atoms. The Morgan fingerprint density at radius 1 is 1.29 bits per heavy atom. The van der Waals surface area contributed by atoms with Gasteiger partial charge in [0, 0.05) is 11.3 Å². The first-order chi connectivity index (χ1) is 16.9. The number of thiazole rings is 1. The van der Waals surface area contributed by atoms with Crippen molar-refractivity contribution in [1.82, 2.24) is 15.3 Å². The van der Waals surface area contributed by atoms with E-state index in [1.165, 1.54) is 16.2 Å². The normalized spacial score (nSPS) is 14.0. The number of nitrogens with one attached hydrogen (secondary N) is 4. The van der Waals surface area contributed by atoms with E-state index in [1.807, 2.05) is 6.07 Å². The third-order valence-corrected chi connectivity index (χ3v) is 7.33. The maximum absolute atomic E-state index is 12.7. The zero-order valence-corrected chi connectivity index (χ0v) is 21.1. The van der Waals surface area contributed by atoms with Gasteiger partial charge in [-0.25, -0.2) is 4.98 Å². The van der Waals surface area contributed by atoms with Crippen molar-refractivity contribution in [2.45, 2.75) is 6.92 Å². The molecule has 2 aromatic heterocycles. The van der Waals surface area contributed by atoms with Gasteiger partial charge >= 0.3 is 0 Å². The fourth-order valence-electron chi connectivity index (χ4n) is 3.62. The lowest BCUT2D eigenvalue weighted by atomic mass is 10.2. The van der Waals surface area contributed by atoms with Gasteiger partial charge < -0.3 is 24.7 Å². The molecule has 0 unspecified atom stereocenters. The van der Waals surface area contributed by atoms with E-state index in [1.54, 1.807) is 19.1 Å². The van der Waals surface area contributed by atoms with E-state index in [-0.39, 0.29) is 22.3 Å². The maximum Gasteiger partial charge on any atom is 0.275 e. The molecule has 0 aliphatic carbocycles. The van der Waals surface area contributed by atoms with E-state index in [0.717, 1.165) is 32.8 Å². The molecule has 3 aromatic rings. The standard InChI is InChI=1S/C22H22Cl2N6O4S/c1-12-16(23)17(24)19(27-12)21(32)29-22-28-18-14(34-9-6-30-4-7-33-8-5-30)10-13(11-15(18)35-22)20(31)26-3-2-25/h10-11,27H,3-9H2,1H3,(H,26,31)(H,28,29,32)/p+1. The smallest absolute Gasteiger partial charge is 0.275 e. The van der Waals surface area contributed by atoms with E-state index < -0.39 is 11.8 Å². The largest absolute Gasteiger partial charge is 0.485 e. The summed E-state index contributed by atoms with van der Waals surface area (Å²) in [5.74, 6) is -0.473. The molecule has 1 saturated heterocycles. The number of anilines is 1. The fraction of sp³-hybridized carbons (Fsp3) is 0.364. The molecule has 13 heteroatoms. The van der Waals surface area contributed by atoms with Crippen LogP contribution in [0.25, 0.3) is 10.2 Å². The van der Waals surface area contributed by atoms with Crippen LogP contribution in [0.15, 0.2) is 12.1 Å². The number of carbonyl (C=O) groups excluding carboxylic acids is 2. The van der Waals surface area contributed by atoms with Crippen molar-refractivity contribution < 1.29 is 24.0 Å². The SMILES string of the molecule is Cc1[nH]c(C(=O)Nc2nc3c(OCC[NH+]4CCOCC4)cc(C(=O)NCC#N)cc3s2)c(Cl)c1Cl. The Labute approximate surface area is 215 Å². The summed E-state index contributed by atoms with van der Waals surface area (Å²) in [4.78, 5) is 34.0. The average Bonchev–Trinajstić information content (AvgIpc) is 3.38. The molecule has 0 atom stereocenters. The van der Waals surface area contributed by atoms with Gasteiger partial charge in [-0.1, -0.05) is 34.5 Å². The number of H-pyrrole nitrogens is 1. The summed E-state index contributed by atoms with van der Waals surface area (Å²) in [7, 11) is 0. The third-order valence-electron chi connectivity index (χ3n) is 5.46. The number of benzene rings is 1. The summed E-state index contributed by atoms with van der Waals surface area (Å²) in [6.07, 6.45) is 0. The second kappa shape index (κ2) is 11.2. The number of nitriles is 1. The van der Waals surface area contributed by atoms with E-state index in [0.29, 0.717) is 39.0 Å². The molecule has 3 heterocycles. The summed E-state index contributed by atoms with van der Waals surface area (Å²) < 4.78 is 12.1. The van der Waals surface area contributed by atoms with Crippen molar-refractivity contribution >= 4 is 61.7 Å². The number of quaternary nitrogens is 1. The van der Waals surface area contributed by atoms with Gasteiger partial charge in [0.1, 0.15) is 49.7 Å². The Balaban J connectivity index is 1.58. The summed E-state index contributed by atoms with van der Waals surface area (Å²) in [6.45, 7) is 6.05. The number of hydrogen-bond donors (Lipinski definition) is 4. The van der Waals surface area contributed by atoms with Crippen molar-refractivity contribution in [2.24, 2.45) is 0 Å². The van der Waals surface area contributed by atoms with Gasteiger partial charge in [-0.2, -0.15) is 5.26 Å². The molecular weight excluding hydrogens is 515 g/mol. The number of ether oxygens (including phenoxy) is 2. The lowest BCUT2D eigenvalue weighted by Crippen LogP contribution is -3.14. The van der Waals surface area contributed by atoms with E-state index in [9.17, 15) is 9.59 Å². The quantitative estimate of drug-likeness (QED) is 0.325. The second-order valence-corrected chi connectivity index (χ2v) is 9.64. The van der Waals surface area contributed by atoms with Crippen LogP contribution in [0.3, 0.4) is 0 Å². The number of morpholine rings is 1. The minimum atomic E-state index is -0.491. The zero-order valence-electron chi connectivity index (χ0n) is 18.8. The number of aryl methyl sites for hydroxylation is 1. The van der Waals surface area contributed by atoms with Crippen LogP contribution < -0.4 is 20.3 Å². The fourth-order valence-corrected chi connectivity index (χ4v) is 4.95. The highest BCUT2D eigenvalue weighted by molar-refractivity contribution is 7.22. The van der Waals surface area contributed by atoms with Gasteiger partial charge in [0.2, 0.25) is 0 Å². The predicted octanol–water partition coefficient (Wildman–Crippen LogP) is 2.04. The molecule has 1 aliphatic heterocycles. The Hall–Kier alpha value is -2.88. The average molecular weight is 538 g/mol. The minimum Gasteiger partial charge on any atom is -0.485 e. The van der Waals surface area contributed by atoms with Crippen LogP contribution in [-0.2, 0) is 4.74 Å². The minimum absolute atomic E-state index is 0.115. The van der Waals surface area contributed by atoms with Crippen molar-refractivity contribution in [3.63, 3.8) is 0 Å².